The molecule has 4 rings (SSSR count). The van der Waals surface area contributed by atoms with Crippen LogP contribution in [0.5, 0.6) is 11.5 Å². The molecular weight excluding hydrogens is 460 g/mol. The number of benzene rings is 1. The third-order valence-electron chi connectivity index (χ3n) is 5.12. The molecule has 0 N–H and O–H groups in total. The van der Waals surface area contributed by atoms with Crippen molar-refractivity contribution in [2.45, 2.75) is 32.9 Å². The maximum absolute atomic E-state index is 13.6. The largest absolute Gasteiger partial charge is 0.497 e. The second kappa shape index (κ2) is 9.36. The lowest BCUT2D eigenvalue weighted by Crippen LogP contribution is -2.39. The van der Waals surface area contributed by atoms with E-state index in [1.807, 2.05) is 23.6 Å². The van der Waals surface area contributed by atoms with Crippen LogP contribution in [0.15, 0.2) is 56.8 Å². The molecule has 172 valence electrons. The normalized spacial score (nSPS) is 15.9. The van der Waals surface area contributed by atoms with Gasteiger partial charge in [-0.05, 0) is 56.5 Å². The van der Waals surface area contributed by atoms with E-state index < -0.39 is 12.0 Å². The molecule has 2 aromatic heterocycles. The van der Waals surface area contributed by atoms with E-state index in [-0.39, 0.29) is 11.7 Å². The van der Waals surface area contributed by atoms with Crippen LogP contribution >= 0.6 is 22.7 Å². The smallest absolute Gasteiger partial charge is 0.338 e. The lowest BCUT2D eigenvalue weighted by Gasteiger charge is -2.24. The van der Waals surface area contributed by atoms with Gasteiger partial charge in [0.15, 0.2) is 4.80 Å². The number of methoxy groups -OCH3 is 2. The van der Waals surface area contributed by atoms with Crippen molar-refractivity contribution in [3.63, 3.8) is 0 Å². The van der Waals surface area contributed by atoms with Crippen LogP contribution < -0.4 is 24.4 Å². The predicted molar refractivity (Wildman–Crippen MR) is 129 cm³/mol. The minimum atomic E-state index is -0.596. The van der Waals surface area contributed by atoms with Gasteiger partial charge in [0.2, 0.25) is 0 Å². The van der Waals surface area contributed by atoms with Crippen molar-refractivity contribution in [3.05, 3.63) is 77.1 Å². The fraction of sp³-hybridized carbons (Fsp3) is 0.292. The summed E-state index contributed by atoms with van der Waals surface area (Å²) in [5.41, 5.74) is 1.41. The zero-order chi connectivity index (χ0) is 23.7. The Hall–Kier alpha value is -3.17. The second-order valence-corrected chi connectivity index (χ2v) is 9.65. The number of esters is 1. The van der Waals surface area contributed by atoms with Gasteiger partial charge in [-0.1, -0.05) is 17.4 Å². The number of allylic oxidation sites excluding steroid dienone is 1. The Morgan fingerprint density at radius 3 is 2.64 bits per heavy atom. The summed E-state index contributed by atoms with van der Waals surface area (Å²) in [4.78, 5) is 32.6. The molecular formula is C24H24N2O5S2. The average Bonchev–Trinajstić information content (AvgIpc) is 3.41. The van der Waals surface area contributed by atoms with Crippen molar-refractivity contribution in [2.75, 3.05) is 14.2 Å². The highest BCUT2D eigenvalue weighted by Gasteiger charge is 2.34. The number of hydrogen-bond donors (Lipinski definition) is 0. The molecule has 3 aromatic rings. The number of fused-ring (bicyclic) bond motifs is 1. The van der Waals surface area contributed by atoms with E-state index in [0.717, 1.165) is 4.88 Å². The van der Waals surface area contributed by atoms with Gasteiger partial charge in [-0.3, -0.25) is 9.36 Å². The van der Waals surface area contributed by atoms with E-state index in [2.05, 4.69) is 4.99 Å². The molecule has 9 heteroatoms. The lowest BCUT2D eigenvalue weighted by atomic mass is 10.0. The number of carbonyl (C=O) groups is 1. The fourth-order valence-corrected chi connectivity index (χ4v) is 5.53. The number of thiophene rings is 1. The van der Waals surface area contributed by atoms with Gasteiger partial charge in [0.05, 0.1) is 36.1 Å². The van der Waals surface area contributed by atoms with E-state index in [9.17, 15) is 9.59 Å². The first-order valence-electron chi connectivity index (χ1n) is 10.3. The highest BCUT2D eigenvalue weighted by atomic mass is 32.1. The molecule has 0 saturated carbocycles. The molecule has 0 bridgehead atoms. The first-order valence-corrected chi connectivity index (χ1v) is 12.0. The van der Waals surface area contributed by atoms with Crippen LogP contribution in [0.4, 0.5) is 0 Å². The molecule has 33 heavy (non-hydrogen) atoms. The van der Waals surface area contributed by atoms with Gasteiger partial charge in [0.1, 0.15) is 17.5 Å². The summed E-state index contributed by atoms with van der Waals surface area (Å²) >= 11 is 2.75. The summed E-state index contributed by atoms with van der Waals surface area (Å²) in [5.74, 6) is 0.808. The highest BCUT2D eigenvalue weighted by molar-refractivity contribution is 7.10. The number of ether oxygens (including phenoxy) is 3. The van der Waals surface area contributed by atoms with Gasteiger partial charge in [0, 0.05) is 10.4 Å². The summed E-state index contributed by atoms with van der Waals surface area (Å²) < 4.78 is 18.3. The number of aromatic nitrogens is 1. The average molecular weight is 485 g/mol. The SMILES string of the molecule is COc1ccc(OC)c(/C=c2\sc3n(c2=O)C(c2cccs2)C(C(=O)OC(C)C)=C(C)N=3)c1. The van der Waals surface area contributed by atoms with Gasteiger partial charge >= 0.3 is 5.97 Å². The van der Waals surface area contributed by atoms with Crippen LogP contribution in [0.2, 0.25) is 0 Å². The molecule has 0 radical (unpaired) electrons. The summed E-state index contributed by atoms with van der Waals surface area (Å²) in [6.45, 7) is 5.37. The number of carbonyl (C=O) groups excluding carboxylic acids is 1. The zero-order valence-corrected chi connectivity index (χ0v) is 20.6. The van der Waals surface area contributed by atoms with Gasteiger partial charge in [-0.2, -0.15) is 0 Å². The van der Waals surface area contributed by atoms with Gasteiger partial charge in [0.25, 0.3) is 5.56 Å². The van der Waals surface area contributed by atoms with Gasteiger partial charge in [-0.15, -0.1) is 11.3 Å². The lowest BCUT2D eigenvalue weighted by molar-refractivity contribution is -0.143. The molecule has 0 aliphatic carbocycles. The fourth-order valence-electron chi connectivity index (χ4n) is 3.67. The molecule has 1 unspecified atom stereocenters. The second-order valence-electron chi connectivity index (χ2n) is 7.66. The zero-order valence-electron chi connectivity index (χ0n) is 18.9. The summed E-state index contributed by atoms with van der Waals surface area (Å²) in [7, 11) is 3.16. The van der Waals surface area contributed by atoms with Crippen molar-refractivity contribution >= 4 is 34.7 Å². The van der Waals surface area contributed by atoms with E-state index in [0.29, 0.717) is 37.7 Å². The first kappa shape index (κ1) is 23.0. The highest BCUT2D eigenvalue weighted by Crippen LogP contribution is 2.33. The number of rotatable bonds is 6. The van der Waals surface area contributed by atoms with Crippen LogP contribution in [0.25, 0.3) is 6.08 Å². The molecule has 1 aromatic carbocycles. The Balaban J connectivity index is 1.93. The molecule has 1 atom stereocenters. The molecule has 7 nitrogen and oxygen atoms in total. The number of hydrogen-bond acceptors (Lipinski definition) is 8. The van der Waals surface area contributed by atoms with Crippen LogP contribution in [0.3, 0.4) is 0 Å². The third kappa shape index (κ3) is 4.38. The molecule has 0 fully saturated rings. The van der Waals surface area contributed by atoms with E-state index in [1.165, 1.54) is 22.7 Å². The minimum absolute atomic E-state index is 0.232. The van der Waals surface area contributed by atoms with Crippen molar-refractivity contribution in [3.8, 4) is 11.5 Å². The summed E-state index contributed by atoms with van der Waals surface area (Å²) in [6.07, 6.45) is 1.48. The van der Waals surface area contributed by atoms with E-state index in [1.54, 1.807) is 57.8 Å². The minimum Gasteiger partial charge on any atom is -0.497 e. The maximum atomic E-state index is 13.6. The number of nitrogens with zero attached hydrogens (tertiary/aromatic N) is 2. The molecule has 1 aliphatic rings. The van der Waals surface area contributed by atoms with E-state index >= 15 is 0 Å². The standard InChI is InChI=1S/C24H24N2O5S2/c1-13(2)31-23(28)20-14(3)25-24-26(21(20)18-7-6-10-32-18)22(27)19(33-24)12-15-11-16(29-4)8-9-17(15)30-5/h6-13,21H,1-5H3/b19-12-. The Bertz CT molecular complexity index is 1400. The first-order chi connectivity index (χ1) is 15.8. The molecule has 0 spiro atoms. The predicted octanol–water partition coefficient (Wildman–Crippen LogP) is 3.27. The van der Waals surface area contributed by atoms with Crippen LogP contribution in [-0.2, 0) is 9.53 Å². The third-order valence-corrected chi connectivity index (χ3v) is 7.03. The quantitative estimate of drug-likeness (QED) is 0.502. The van der Waals surface area contributed by atoms with Crippen LogP contribution in [0.1, 0.15) is 37.3 Å². The number of thiazole rings is 1. The van der Waals surface area contributed by atoms with Crippen LogP contribution in [0, 0.1) is 0 Å². The molecule has 0 amide bonds. The van der Waals surface area contributed by atoms with Crippen molar-refractivity contribution in [1.82, 2.24) is 4.57 Å². The monoisotopic (exact) mass is 484 g/mol. The Labute approximate surface area is 198 Å². The Morgan fingerprint density at radius 1 is 1.21 bits per heavy atom. The molecule has 3 heterocycles. The van der Waals surface area contributed by atoms with Gasteiger partial charge in [-0.25, -0.2) is 9.79 Å². The molecule has 1 aliphatic heterocycles. The topological polar surface area (TPSA) is 79.1 Å². The van der Waals surface area contributed by atoms with Crippen molar-refractivity contribution < 1.29 is 19.0 Å². The molecule has 0 saturated heterocycles. The summed E-state index contributed by atoms with van der Waals surface area (Å²) in [5, 5.41) is 1.92. The maximum Gasteiger partial charge on any atom is 0.338 e. The van der Waals surface area contributed by atoms with Crippen LogP contribution in [-0.4, -0.2) is 30.9 Å². The van der Waals surface area contributed by atoms with Crippen molar-refractivity contribution in [1.29, 1.82) is 0 Å². The van der Waals surface area contributed by atoms with E-state index in [4.69, 9.17) is 14.2 Å². The van der Waals surface area contributed by atoms with Crippen molar-refractivity contribution in [2.24, 2.45) is 4.99 Å². The van der Waals surface area contributed by atoms with Gasteiger partial charge < -0.3 is 14.2 Å². The Morgan fingerprint density at radius 2 is 2.00 bits per heavy atom. The summed E-state index contributed by atoms with van der Waals surface area (Å²) in [6, 6.07) is 8.62. The Kier molecular flexibility index (Phi) is 6.53.